The Balaban J connectivity index is 1.88. The van der Waals surface area contributed by atoms with Crippen molar-refractivity contribution in [2.45, 2.75) is 0 Å². The van der Waals surface area contributed by atoms with Gasteiger partial charge in [-0.2, -0.15) is 0 Å². The first-order valence-corrected chi connectivity index (χ1v) is 6.69. The molecule has 7 heteroatoms. The predicted molar refractivity (Wildman–Crippen MR) is 82.5 cm³/mol. The molecule has 108 valence electrons. The van der Waals surface area contributed by atoms with Gasteiger partial charge in [-0.3, -0.25) is 10.2 Å². The maximum absolute atomic E-state index is 11.8. The van der Waals surface area contributed by atoms with Crippen molar-refractivity contribution in [3.05, 3.63) is 64.1 Å². The van der Waals surface area contributed by atoms with Gasteiger partial charge in [-0.15, -0.1) is 0 Å². The SMILES string of the molecule is O=C(NNC(=O)c1ccccc1Cl)Nc1ccc(Cl)cc1. The minimum absolute atomic E-state index is 0.269. The molecule has 0 aliphatic rings. The first kappa shape index (κ1) is 15.2. The highest BCUT2D eigenvalue weighted by Crippen LogP contribution is 2.14. The van der Waals surface area contributed by atoms with Crippen molar-refractivity contribution in [2.24, 2.45) is 0 Å². The van der Waals surface area contributed by atoms with Gasteiger partial charge in [-0.05, 0) is 36.4 Å². The number of amides is 3. The molecule has 0 saturated carbocycles. The van der Waals surface area contributed by atoms with Gasteiger partial charge in [0.1, 0.15) is 0 Å². The lowest BCUT2D eigenvalue weighted by Crippen LogP contribution is -2.44. The second-order valence-electron chi connectivity index (χ2n) is 4.02. The van der Waals surface area contributed by atoms with Gasteiger partial charge in [-0.1, -0.05) is 35.3 Å². The molecule has 0 bridgehead atoms. The van der Waals surface area contributed by atoms with Crippen molar-refractivity contribution in [2.75, 3.05) is 5.32 Å². The van der Waals surface area contributed by atoms with Crippen molar-refractivity contribution in [3.63, 3.8) is 0 Å². The largest absolute Gasteiger partial charge is 0.337 e. The molecule has 0 aromatic heterocycles. The van der Waals surface area contributed by atoms with E-state index < -0.39 is 11.9 Å². The number of rotatable bonds is 2. The minimum atomic E-state index is -0.585. The third kappa shape index (κ3) is 4.37. The molecule has 3 N–H and O–H groups in total. The zero-order valence-corrected chi connectivity index (χ0v) is 12.2. The number of hydrogen-bond donors (Lipinski definition) is 3. The number of hydrogen-bond acceptors (Lipinski definition) is 2. The number of anilines is 1. The number of carbonyl (C=O) groups excluding carboxylic acids is 2. The van der Waals surface area contributed by atoms with E-state index in [2.05, 4.69) is 16.2 Å². The summed E-state index contributed by atoms with van der Waals surface area (Å²) in [5, 5.41) is 3.40. The second kappa shape index (κ2) is 6.97. The molecule has 0 atom stereocenters. The van der Waals surface area contributed by atoms with Crippen LogP contribution in [-0.4, -0.2) is 11.9 Å². The number of halogens is 2. The molecule has 0 fully saturated rings. The summed E-state index contributed by atoms with van der Waals surface area (Å²) in [6, 6.07) is 12.5. The van der Waals surface area contributed by atoms with E-state index in [1.807, 2.05) is 0 Å². The fourth-order valence-electron chi connectivity index (χ4n) is 1.52. The Morgan fingerprint density at radius 3 is 2.19 bits per heavy atom. The quantitative estimate of drug-likeness (QED) is 0.741. The van der Waals surface area contributed by atoms with Crippen LogP contribution in [-0.2, 0) is 0 Å². The summed E-state index contributed by atoms with van der Waals surface area (Å²) >= 11 is 11.6. The summed E-state index contributed by atoms with van der Waals surface area (Å²) in [5.74, 6) is -0.508. The van der Waals surface area contributed by atoms with E-state index in [-0.39, 0.29) is 5.56 Å². The average molecular weight is 324 g/mol. The maximum Gasteiger partial charge on any atom is 0.337 e. The molecule has 0 heterocycles. The normalized spacial score (nSPS) is 9.81. The lowest BCUT2D eigenvalue weighted by Gasteiger charge is -2.09. The molecule has 0 aliphatic carbocycles. The van der Waals surface area contributed by atoms with Crippen LogP contribution in [0.5, 0.6) is 0 Å². The van der Waals surface area contributed by atoms with Crippen LogP contribution in [0.1, 0.15) is 10.4 Å². The van der Waals surface area contributed by atoms with Crippen molar-refractivity contribution >= 4 is 40.8 Å². The van der Waals surface area contributed by atoms with E-state index in [9.17, 15) is 9.59 Å². The zero-order valence-electron chi connectivity index (χ0n) is 10.7. The topological polar surface area (TPSA) is 70.2 Å². The minimum Gasteiger partial charge on any atom is -0.307 e. The van der Waals surface area contributed by atoms with E-state index >= 15 is 0 Å². The molecular formula is C14H11Cl2N3O2. The lowest BCUT2D eigenvalue weighted by atomic mass is 10.2. The van der Waals surface area contributed by atoms with Crippen molar-refractivity contribution in [3.8, 4) is 0 Å². The van der Waals surface area contributed by atoms with Gasteiger partial charge in [0.2, 0.25) is 0 Å². The predicted octanol–water partition coefficient (Wildman–Crippen LogP) is 3.46. The lowest BCUT2D eigenvalue weighted by molar-refractivity contribution is 0.0938. The Morgan fingerprint density at radius 2 is 1.52 bits per heavy atom. The average Bonchev–Trinajstić information content (AvgIpc) is 2.48. The second-order valence-corrected chi connectivity index (χ2v) is 4.86. The van der Waals surface area contributed by atoms with Crippen LogP contribution >= 0.6 is 23.2 Å². The van der Waals surface area contributed by atoms with Crippen LogP contribution in [0.3, 0.4) is 0 Å². The molecule has 0 aliphatic heterocycles. The third-order valence-corrected chi connectivity index (χ3v) is 3.09. The summed E-state index contributed by atoms with van der Waals surface area (Å²) in [6.07, 6.45) is 0. The van der Waals surface area contributed by atoms with Gasteiger partial charge >= 0.3 is 6.03 Å². The molecular weight excluding hydrogens is 313 g/mol. The number of nitrogens with one attached hydrogen (secondary N) is 3. The van der Waals surface area contributed by atoms with Gasteiger partial charge in [0.25, 0.3) is 5.91 Å². The Bertz CT molecular complexity index is 660. The molecule has 2 aromatic rings. The summed E-state index contributed by atoms with van der Waals surface area (Å²) < 4.78 is 0. The monoisotopic (exact) mass is 323 g/mol. The fraction of sp³-hybridized carbons (Fsp3) is 0. The first-order chi connectivity index (χ1) is 10.1. The van der Waals surface area contributed by atoms with E-state index in [4.69, 9.17) is 23.2 Å². The van der Waals surface area contributed by atoms with Gasteiger partial charge in [0, 0.05) is 10.7 Å². The van der Waals surface area contributed by atoms with E-state index in [0.29, 0.717) is 15.7 Å². The highest BCUT2D eigenvalue weighted by atomic mass is 35.5. The van der Waals surface area contributed by atoms with Crippen LogP contribution < -0.4 is 16.2 Å². The van der Waals surface area contributed by atoms with Gasteiger partial charge < -0.3 is 5.32 Å². The Hall–Kier alpha value is -2.24. The fourth-order valence-corrected chi connectivity index (χ4v) is 1.87. The molecule has 0 saturated heterocycles. The first-order valence-electron chi connectivity index (χ1n) is 5.93. The summed E-state index contributed by atoms with van der Waals surface area (Å²) in [5.41, 5.74) is 5.30. The molecule has 2 aromatic carbocycles. The number of carbonyl (C=O) groups is 2. The number of urea groups is 1. The zero-order chi connectivity index (χ0) is 15.2. The van der Waals surface area contributed by atoms with Gasteiger partial charge in [0.05, 0.1) is 10.6 Å². The van der Waals surface area contributed by atoms with E-state index in [1.54, 1.807) is 48.5 Å². The van der Waals surface area contributed by atoms with Crippen molar-refractivity contribution in [1.29, 1.82) is 0 Å². The summed E-state index contributed by atoms with van der Waals surface area (Å²) in [4.78, 5) is 23.4. The van der Waals surface area contributed by atoms with Gasteiger partial charge in [-0.25, -0.2) is 10.2 Å². The molecule has 21 heavy (non-hydrogen) atoms. The van der Waals surface area contributed by atoms with E-state index in [1.165, 1.54) is 0 Å². The molecule has 3 amide bonds. The Kier molecular flexibility index (Phi) is 5.03. The summed E-state index contributed by atoms with van der Waals surface area (Å²) in [6.45, 7) is 0. The van der Waals surface area contributed by atoms with Crippen molar-refractivity contribution in [1.82, 2.24) is 10.9 Å². The molecule has 0 unspecified atom stereocenters. The standard InChI is InChI=1S/C14H11Cl2N3O2/c15-9-5-7-10(8-6-9)17-14(21)19-18-13(20)11-3-1-2-4-12(11)16/h1-8H,(H,18,20)(H2,17,19,21). The highest BCUT2D eigenvalue weighted by molar-refractivity contribution is 6.33. The number of benzene rings is 2. The van der Waals surface area contributed by atoms with Crippen LogP contribution in [0.2, 0.25) is 10.0 Å². The van der Waals surface area contributed by atoms with Gasteiger partial charge in [0.15, 0.2) is 0 Å². The van der Waals surface area contributed by atoms with Crippen LogP contribution in [0.4, 0.5) is 10.5 Å². The molecule has 5 nitrogen and oxygen atoms in total. The molecule has 0 spiro atoms. The van der Waals surface area contributed by atoms with E-state index in [0.717, 1.165) is 0 Å². The molecule has 2 rings (SSSR count). The van der Waals surface area contributed by atoms with Crippen molar-refractivity contribution < 1.29 is 9.59 Å². The smallest absolute Gasteiger partial charge is 0.307 e. The van der Waals surface area contributed by atoms with Crippen LogP contribution in [0, 0.1) is 0 Å². The molecule has 0 radical (unpaired) electrons. The maximum atomic E-state index is 11.8. The summed E-state index contributed by atoms with van der Waals surface area (Å²) in [7, 11) is 0. The van der Waals surface area contributed by atoms with Crippen LogP contribution in [0.15, 0.2) is 48.5 Å². The van der Waals surface area contributed by atoms with Crippen LogP contribution in [0.25, 0.3) is 0 Å². The number of hydrazine groups is 1. The highest BCUT2D eigenvalue weighted by Gasteiger charge is 2.10. The Morgan fingerprint density at radius 1 is 0.857 bits per heavy atom. The third-order valence-electron chi connectivity index (χ3n) is 2.51. The Labute approximate surface area is 131 Å².